The van der Waals surface area contributed by atoms with Crippen LogP contribution in [0.1, 0.15) is 32.3 Å². The molecule has 0 heterocycles. The number of hydrogen-bond acceptors (Lipinski definition) is 3. The number of ether oxygens (including phenoxy) is 1. The normalized spacial score (nSPS) is 11.6. The van der Waals surface area contributed by atoms with E-state index in [1.807, 2.05) is 25.1 Å². The first kappa shape index (κ1) is 24.5. The maximum Gasteiger partial charge on any atom is 0.261 e. The van der Waals surface area contributed by atoms with Gasteiger partial charge in [0.15, 0.2) is 6.61 Å². The summed E-state index contributed by atoms with van der Waals surface area (Å²) in [5, 5.41) is 3.80. The summed E-state index contributed by atoms with van der Waals surface area (Å²) in [5.74, 6) is -0.163. The van der Waals surface area contributed by atoms with Crippen molar-refractivity contribution >= 4 is 50.9 Å². The van der Waals surface area contributed by atoms with E-state index in [1.54, 1.807) is 31.2 Å². The molecule has 2 aromatic rings. The van der Waals surface area contributed by atoms with Crippen molar-refractivity contribution in [2.75, 3.05) is 13.2 Å². The van der Waals surface area contributed by atoms with Gasteiger partial charge in [-0.3, -0.25) is 9.59 Å². The minimum atomic E-state index is -0.686. The average molecular weight is 516 g/mol. The van der Waals surface area contributed by atoms with Crippen LogP contribution in [0.3, 0.4) is 0 Å². The molecule has 0 aliphatic rings. The lowest BCUT2D eigenvalue weighted by atomic mass is 10.1. The molecule has 0 saturated heterocycles. The lowest BCUT2D eigenvalue weighted by Gasteiger charge is -2.29. The van der Waals surface area contributed by atoms with Gasteiger partial charge in [-0.15, -0.1) is 0 Å². The molecule has 30 heavy (non-hydrogen) atoms. The zero-order valence-corrected chi connectivity index (χ0v) is 20.1. The fraction of sp³-hybridized carbons (Fsp3) is 0.364. The lowest BCUT2D eigenvalue weighted by molar-refractivity contribution is -0.142. The van der Waals surface area contributed by atoms with Gasteiger partial charge >= 0.3 is 0 Å². The van der Waals surface area contributed by atoms with Gasteiger partial charge in [0, 0.05) is 22.6 Å². The Morgan fingerprint density at radius 1 is 1.17 bits per heavy atom. The van der Waals surface area contributed by atoms with Crippen molar-refractivity contribution in [3.05, 3.63) is 62.5 Å². The summed E-state index contributed by atoms with van der Waals surface area (Å²) in [4.78, 5) is 27.1. The Balaban J connectivity index is 2.15. The fourth-order valence-corrected chi connectivity index (χ4v) is 3.67. The maximum atomic E-state index is 13.0. The van der Waals surface area contributed by atoms with Crippen molar-refractivity contribution in [1.82, 2.24) is 10.2 Å². The third-order valence-electron chi connectivity index (χ3n) is 4.54. The van der Waals surface area contributed by atoms with Gasteiger partial charge in [0.05, 0.1) is 5.02 Å². The summed E-state index contributed by atoms with van der Waals surface area (Å²) >= 11 is 15.8. The van der Waals surface area contributed by atoms with E-state index in [0.29, 0.717) is 22.3 Å². The predicted octanol–water partition coefficient (Wildman–Crippen LogP) is 5.47. The Morgan fingerprint density at radius 3 is 2.57 bits per heavy atom. The zero-order chi connectivity index (χ0) is 22.1. The quantitative estimate of drug-likeness (QED) is 0.427. The minimum absolute atomic E-state index is 0.193. The van der Waals surface area contributed by atoms with Gasteiger partial charge in [-0.25, -0.2) is 0 Å². The molecule has 0 spiro atoms. The van der Waals surface area contributed by atoms with Crippen LogP contribution < -0.4 is 10.1 Å². The van der Waals surface area contributed by atoms with Crippen molar-refractivity contribution in [3.63, 3.8) is 0 Å². The third kappa shape index (κ3) is 7.18. The van der Waals surface area contributed by atoms with E-state index in [9.17, 15) is 9.59 Å². The number of halogens is 3. The first-order valence-electron chi connectivity index (χ1n) is 9.72. The summed E-state index contributed by atoms with van der Waals surface area (Å²) in [7, 11) is 0. The number of nitrogens with zero attached hydrogens (tertiary/aromatic N) is 1. The van der Waals surface area contributed by atoms with Gasteiger partial charge < -0.3 is 15.0 Å². The van der Waals surface area contributed by atoms with Crippen LogP contribution in [-0.4, -0.2) is 35.9 Å². The van der Waals surface area contributed by atoms with Crippen LogP contribution in [0.5, 0.6) is 5.75 Å². The summed E-state index contributed by atoms with van der Waals surface area (Å²) in [6, 6.07) is 11.7. The Hall–Kier alpha value is -1.76. The number of carbonyl (C=O) groups is 2. The summed E-state index contributed by atoms with van der Waals surface area (Å²) in [6.45, 7) is 4.26. The number of hydrogen-bond donors (Lipinski definition) is 1. The standard InChI is InChI=1S/C22H25BrCl2N2O3/c1-3-4-11-26-22(29)15(2)27(13-16-7-5-6-8-18(16)24)21(28)14-30-20-10-9-17(23)12-19(20)25/h5-10,12,15H,3-4,11,13-14H2,1-2H3,(H,26,29)/t15-/m1/s1. The van der Waals surface area contributed by atoms with E-state index >= 15 is 0 Å². The second kappa shape index (κ2) is 12.2. The molecule has 0 aliphatic carbocycles. The average Bonchev–Trinajstić information content (AvgIpc) is 2.72. The van der Waals surface area contributed by atoms with E-state index < -0.39 is 6.04 Å². The van der Waals surface area contributed by atoms with Crippen molar-refractivity contribution in [1.29, 1.82) is 0 Å². The molecule has 2 amide bonds. The van der Waals surface area contributed by atoms with Crippen LogP contribution in [0.15, 0.2) is 46.9 Å². The Labute approximate surface area is 195 Å². The van der Waals surface area contributed by atoms with Crippen LogP contribution in [0.2, 0.25) is 10.0 Å². The minimum Gasteiger partial charge on any atom is -0.482 e. The second-order valence-electron chi connectivity index (χ2n) is 6.80. The molecule has 5 nitrogen and oxygen atoms in total. The number of rotatable bonds is 10. The van der Waals surface area contributed by atoms with Gasteiger partial charge in [-0.05, 0) is 43.2 Å². The summed E-state index contributed by atoms with van der Waals surface area (Å²) in [5.41, 5.74) is 0.752. The van der Waals surface area contributed by atoms with Crippen molar-refractivity contribution < 1.29 is 14.3 Å². The Kier molecular flexibility index (Phi) is 9.95. The van der Waals surface area contributed by atoms with Crippen molar-refractivity contribution in [2.45, 2.75) is 39.3 Å². The van der Waals surface area contributed by atoms with E-state index in [-0.39, 0.29) is 25.0 Å². The topological polar surface area (TPSA) is 58.6 Å². The Bertz CT molecular complexity index is 879. The molecule has 0 aliphatic heterocycles. The number of benzene rings is 2. The second-order valence-corrected chi connectivity index (χ2v) is 8.53. The van der Waals surface area contributed by atoms with E-state index in [0.717, 1.165) is 22.9 Å². The van der Waals surface area contributed by atoms with Crippen LogP contribution in [-0.2, 0) is 16.1 Å². The summed E-state index contributed by atoms with van der Waals surface area (Å²) < 4.78 is 6.43. The summed E-state index contributed by atoms with van der Waals surface area (Å²) in [6.07, 6.45) is 1.85. The van der Waals surface area contributed by atoms with Gasteiger partial charge in [0.1, 0.15) is 11.8 Å². The van der Waals surface area contributed by atoms with Gasteiger partial charge in [0.25, 0.3) is 5.91 Å². The SMILES string of the molecule is CCCCNC(=O)[C@@H](C)N(Cc1ccccc1Cl)C(=O)COc1ccc(Br)cc1Cl. The molecule has 1 atom stereocenters. The number of unbranched alkanes of at least 4 members (excludes halogenated alkanes) is 1. The Morgan fingerprint density at radius 2 is 1.90 bits per heavy atom. The van der Waals surface area contributed by atoms with Crippen molar-refractivity contribution in [3.8, 4) is 5.75 Å². The molecule has 162 valence electrons. The zero-order valence-electron chi connectivity index (χ0n) is 17.0. The highest BCUT2D eigenvalue weighted by molar-refractivity contribution is 9.10. The highest BCUT2D eigenvalue weighted by Crippen LogP contribution is 2.28. The van der Waals surface area contributed by atoms with Crippen molar-refractivity contribution in [2.24, 2.45) is 0 Å². The van der Waals surface area contributed by atoms with Crippen LogP contribution in [0.25, 0.3) is 0 Å². The molecule has 0 unspecified atom stereocenters. The molecular formula is C22H25BrCl2N2O3. The molecule has 2 rings (SSSR count). The fourth-order valence-electron chi connectivity index (χ4n) is 2.74. The van der Waals surface area contributed by atoms with Gasteiger partial charge in [-0.1, -0.05) is 70.7 Å². The number of nitrogens with one attached hydrogen (secondary N) is 1. The molecule has 0 bridgehead atoms. The first-order valence-corrected chi connectivity index (χ1v) is 11.3. The largest absolute Gasteiger partial charge is 0.482 e. The molecule has 0 aromatic heterocycles. The van der Waals surface area contributed by atoms with Crippen LogP contribution >= 0.6 is 39.1 Å². The van der Waals surface area contributed by atoms with Crippen LogP contribution in [0.4, 0.5) is 0 Å². The molecule has 0 saturated carbocycles. The highest BCUT2D eigenvalue weighted by atomic mass is 79.9. The first-order chi connectivity index (χ1) is 14.3. The van der Waals surface area contributed by atoms with E-state index in [1.165, 1.54) is 4.90 Å². The highest BCUT2D eigenvalue weighted by Gasteiger charge is 2.27. The molecular weight excluding hydrogens is 491 g/mol. The molecule has 2 aromatic carbocycles. The smallest absolute Gasteiger partial charge is 0.261 e. The molecule has 8 heteroatoms. The molecule has 0 fully saturated rings. The van der Waals surface area contributed by atoms with Crippen LogP contribution in [0, 0.1) is 0 Å². The maximum absolute atomic E-state index is 13.0. The van der Waals surface area contributed by atoms with Gasteiger partial charge in [-0.2, -0.15) is 0 Å². The lowest BCUT2D eigenvalue weighted by Crippen LogP contribution is -2.49. The van der Waals surface area contributed by atoms with E-state index in [4.69, 9.17) is 27.9 Å². The molecule has 0 radical (unpaired) electrons. The monoisotopic (exact) mass is 514 g/mol. The molecule has 1 N–H and O–H groups in total. The number of carbonyl (C=O) groups excluding carboxylic acids is 2. The van der Waals surface area contributed by atoms with E-state index in [2.05, 4.69) is 21.2 Å². The number of amides is 2. The predicted molar refractivity (Wildman–Crippen MR) is 124 cm³/mol. The van der Waals surface area contributed by atoms with Gasteiger partial charge in [0.2, 0.25) is 5.91 Å². The third-order valence-corrected chi connectivity index (χ3v) is 5.70.